The van der Waals surface area contributed by atoms with Crippen LogP contribution in [0.4, 0.5) is 10.2 Å². The number of aromatic nitrogens is 4. The van der Waals surface area contributed by atoms with Crippen molar-refractivity contribution in [2.45, 2.75) is 16.5 Å². The molecular weight excluding hydrogens is 437 g/mol. The third-order valence-corrected chi connectivity index (χ3v) is 7.46. The van der Waals surface area contributed by atoms with Crippen LogP contribution in [0.15, 0.2) is 76.0 Å². The molecule has 0 unspecified atom stereocenters. The van der Waals surface area contributed by atoms with E-state index in [1.54, 1.807) is 0 Å². The summed E-state index contributed by atoms with van der Waals surface area (Å²) in [6.45, 7) is 0.594. The van der Waals surface area contributed by atoms with E-state index in [1.807, 2.05) is 53.7 Å². The van der Waals surface area contributed by atoms with E-state index in [1.165, 1.54) is 28.0 Å². The lowest BCUT2D eigenvalue weighted by Crippen LogP contribution is -2.18. The molecule has 0 aliphatic heterocycles. The normalized spacial score (nSPS) is 11.9. The third kappa shape index (κ3) is 3.33. The highest BCUT2D eigenvalue weighted by molar-refractivity contribution is 7.91. The molecule has 31 heavy (non-hydrogen) atoms. The summed E-state index contributed by atoms with van der Waals surface area (Å²) in [7, 11) is -2.13. The lowest BCUT2D eigenvalue weighted by molar-refractivity contribution is 0.591. The van der Waals surface area contributed by atoms with Crippen molar-refractivity contribution in [3.8, 4) is 0 Å². The van der Waals surface area contributed by atoms with Crippen molar-refractivity contribution in [2.75, 3.05) is 11.9 Å². The Morgan fingerprint density at radius 2 is 1.81 bits per heavy atom. The van der Waals surface area contributed by atoms with E-state index in [4.69, 9.17) is 0 Å². The molecule has 0 amide bonds. The smallest absolute Gasteiger partial charge is 0.229 e. The van der Waals surface area contributed by atoms with Crippen LogP contribution >= 0.6 is 11.3 Å². The maximum Gasteiger partial charge on any atom is 0.229 e. The van der Waals surface area contributed by atoms with E-state index in [9.17, 15) is 12.8 Å². The summed E-state index contributed by atoms with van der Waals surface area (Å²) in [4.78, 5) is 7.30. The fraction of sp³-hybridized carbons (Fsp3) is 0.0952. The van der Waals surface area contributed by atoms with Crippen molar-refractivity contribution in [1.82, 2.24) is 19.8 Å². The fourth-order valence-corrected chi connectivity index (χ4v) is 5.49. The van der Waals surface area contributed by atoms with Gasteiger partial charge in [-0.1, -0.05) is 35.5 Å². The second kappa shape index (κ2) is 7.40. The SMILES string of the molecule is CN(Cc1ccccc1)c1nc2c(S(=O)(=O)c3ccc(F)cc3)nnn2c2sccc12. The Labute approximate surface area is 181 Å². The van der Waals surface area contributed by atoms with Crippen LogP contribution < -0.4 is 4.90 Å². The van der Waals surface area contributed by atoms with Gasteiger partial charge >= 0.3 is 0 Å². The number of nitrogens with zero attached hydrogens (tertiary/aromatic N) is 5. The van der Waals surface area contributed by atoms with E-state index in [0.29, 0.717) is 12.4 Å². The predicted octanol–water partition coefficient (Wildman–Crippen LogP) is 3.95. The predicted molar refractivity (Wildman–Crippen MR) is 117 cm³/mol. The molecule has 0 aliphatic carbocycles. The van der Waals surface area contributed by atoms with Crippen molar-refractivity contribution in [3.63, 3.8) is 0 Å². The minimum absolute atomic E-state index is 0.0661. The molecule has 10 heteroatoms. The van der Waals surface area contributed by atoms with E-state index in [-0.39, 0.29) is 15.6 Å². The van der Waals surface area contributed by atoms with Crippen LogP contribution in [0.2, 0.25) is 0 Å². The number of benzene rings is 2. The molecule has 3 aromatic heterocycles. The van der Waals surface area contributed by atoms with Crippen molar-refractivity contribution in [3.05, 3.63) is 77.4 Å². The van der Waals surface area contributed by atoms with E-state index in [2.05, 4.69) is 15.3 Å². The summed E-state index contributed by atoms with van der Waals surface area (Å²) in [6.07, 6.45) is 0. The van der Waals surface area contributed by atoms with E-state index >= 15 is 0 Å². The zero-order valence-corrected chi connectivity index (χ0v) is 17.9. The number of fused-ring (bicyclic) bond motifs is 3. The standard InChI is InChI=1S/C21H16FN5O2S2/c1-26(13-14-5-3-2-4-6-14)18-17-11-12-30-21(17)27-19(23-18)20(24-25-27)31(28,29)16-9-7-15(22)8-10-16/h2-12H,13H2,1H3. The summed E-state index contributed by atoms with van der Waals surface area (Å²) in [5.74, 6) is 0.112. The van der Waals surface area contributed by atoms with Crippen LogP contribution in [0, 0.1) is 5.82 Å². The molecule has 0 radical (unpaired) electrons. The molecule has 0 N–H and O–H groups in total. The Kier molecular flexibility index (Phi) is 4.67. The van der Waals surface area contributed by atoms with Gasteiger partial charge in [-0.05, 0) is 41.3 Å². The van der Waals surface area contributed by atoms with Crippen molar-refractivity contribution >= 4 is 42.9 Å². The first kappa shape index (κ1) is 19.6. The summed E-state index contributed by atoms with van der Waals surface area (Å²) < 4.78 is 41.1. The van der Waals surface area contributed by atoms with Crippen LogP contribution in [-0.4, -0.2) is 35.3 Å². The molecule has 7 nitrogen and oxygen atoms in total. The zero-order valence-electron chi connectivity index (χ0n) is 16.3. The Balaban J connectivity index is 1.67. The van der Waals surface area contributed by atoms with Gasteiger partial charge in [0.1, 0.15) is 16.5 Å². The number of hydrogen-bond donors (Lipinski definition) is 0. The molecule has 0 saturated carbocycles. The van der Waals surface area contributed by atoms with Gasteiger partial charge < -0.3 is 4.90 Å². The average Bonchev–Trinajstić information content (AvgIpc) is 3.41. The maximum atomic E-state index is 13.3. The minimum atomic E-state index is -4.03. The van der Waals surface area contributed by atoms with Gasteiger partial charge in [0.25, 0.3) is 0 Å². The first-order valence-electron chi connectivity index (χ1n) is 9.33. The summed E-state index contributed by atoms with van der Waals surface area (Å²) in [5.41, 5.74) is 1.23. The number of sulfone groups is 1. The van der Waals surface area contributed by atoms with E-state index < -0.39 is 15.7 Å². The molecule has 0 atom stereocenters. The topological polar surface area (TPSA) is 80.5 Å². The molecule has 0 saturated heterocycles. The van der Waals surface area contributed by atoms with Gasteiger partial charge in [-0.15, -0.1) is 16.4 Å². The Hall–Kier alpha value is -3.37. The Morgan fingerprint density at radius 3 is 2.55 bits per heavy atom. The third-order valence-electron chi connectivity index (χ3n) is 4.91. The van der Waals surface area contributed by atoms with Gasteiger partial charge in [0.15, 0.2) is 5.65 Å². The molecule has 0 fully saturated rings. The molecule has 0 bridgehead atoms. The summed E-state index contributed by atoms with van der Waals surface area (Å²) >= 11 is 1.43. The molecule has 3 heterocycles. The monoisotopic (exact) mass is 453 g/mol. The summed E-state index contributed by atoms with van der Waals surface area (Å²) in [5, 5.41) is 10.5. The highest BCUT2D eigenvalue weighted by atomic mass is 32.2. The molecule has 5 aromatic rings. The average molecular weight is 454 g/mol. The number of halogens is 1. The molecule has 5 rings (SSSR count). The lowest BCUT2D eigenvalue weighted by Gasteiger charge is -2.19. The van der Waals surface area contributed by atoms with Crippen molar-refractivity contribution in [1.29, 1.82) is 0 Å². The second-order valence-corrected chi connectivity index (χ2v) is 9.76. The van der Waals surface area contributed by atoms with Crippen LogP contribution in [0.3, 0.4) is 0 Å². The highest BCUT2D eigenvalue weighted by Crippen LogP contribution is 2.32. The molecule has 0 spiro atoms. The van der Waals surface area contributed by atoms with Crippen molar-refractivity contribution < 1.29 is 12.8 Å². The van der Waals surface area contributed by atoms with Gasteiger partial charge in [-0.3, -0.25) is 0 Å². The quantitative estimate of drug-likeness (QED) is 0.375. The Morgan fingerprint density at radius 1 is 1.06 bits per heavy atom. The minimum Gasteiger partial charge on any atom is -0.355 e. The largest absolute Gasteiger partial charge is 0.355 e. The van der Waals surface area contributed by atoms with Gasteiger partial charge in [-0.2, -0.15) is 4.52 Å². The van der Waals surface area contributed by atoms with Crippen molar-refractivity contribution in [2.24, 2.45) is 0 Å². The maximum absolute atomic E-state index is 13.3. The van der Waals surface area contributed by atoms with E-state index in [0.717, 1.165) is 27.9 Å². The first-order chi connectivity index (χ1) is 14.9. The Bertz CT molecular complexity index is 1500. The molecule has 156 valence electrons. The van der Waals surface area contributed by atoms with Gasteiger partial charge in [0, 0.05) is 13.6 Å². The fourth-order valence-electron chi connectivity index (χ4n) is 3.41. The summed E-state index contributed by atoms with van der Waals surface area (Å²) in [6, 6.07) is 16.5. The molecule has 0 aliphatic rings. The van der Waals surface area contributed by atoms with Crippen LogP contribution in [0.25, 0.3) is 15.9 Å². The zero-order chi connectivity index (χ0) is 21.6. The molecule has 2 aromatic carbocycles. The highest BCUT2D eigenvalue weighted by Gasteiger charge is 2.28. The molecular formula is C21H16FN5O2S2. The number of rotatable bonds is 5. The lowest BCUT2D eigenvalue weighted by atomic mass is 10.2. The van der Waals surface area contributed by atoms with Gasteiger partial charge in [0.05, 0.1) is 10.3 Å². The van der Waals surface area contributed by atoms with Gasteiger partial charge in [0.2, 0.25) is 14.9 Å². The van der Waals surface area contributed by atoms with Gasteiger partial charge in [-0.25, -0.2) is 17.8 Å². The number of hydrogen-bond acceptors (Lipinski definition) is 7. The number of anilines is 1. The van der Waals surface area contributed by atoms with Crippen LogP contribution in [-0.2, 0) is 16.4 Å². The second-order valence-electron chi connectivity index (χ2n) is 7.00. The first-order valence-corrected chi connectivity index (χ1v) is 11.7. The number of thiophene rings is 1. The van der Waals surface area contributed by atoms with Crippen LogP contribution in [0.1, 0.15) is 5.56 Å². The van der Waals surface area contributed by atoms with Crippen LogP contribution in [0.5, 0.6) is 0 Å².